The highest BCUT2D eigenvalue weighted by Crippen LogP contribution is 2.26. The van der Waals surface area contributed by atoms with Gasteiger partial charge in [-0.1, -0.05) is 12.1 Å². The quantitative estimate of drug-likeness (QED) is 0.718. The van der Waals surface area contributed by atoms with E-state index in [0.717, 1.165) is 21.7 Å². The number of nitrogens with zero attached hydrogens (tertiary/aromatic N) is 2. The van der Waals surface area contributed by atoms with Crippen LogP contribution in [-0.2, 0) is 6.61 Å². The predicted octanol–water partition coefficient (Wildman–Crippen LogP) is 3.58. The molecule has 0 N–H and O–H groups in total. The van der Waals surface area contributed by atoms with E-state index in [2.05, 4.69) is 23.0 Å². The molecule has 0 radical (unpaired) electrons. The van der Waals surface area contributed by atoms with Crippen LogP contribution in [0.5, 0.6) is 5.75 Å². The summed E-state index contributed by atoms with van der Waals surface area (Å²) in [5.74, 6) is 0.811. The average Bonchev–Trinajstić information content (AvgIpc) is 2.90. The van der Waals surface area contributed by atoms with Crippen molar-refractivity contribution in [1.29, 1.82) is 0 Å². The molecule has 3 aromatic rings. The Kier molecular flexibility index (Phi) is 2.94. The molecule has 4 heteroatoms. The lowest BCUT2D eigenvalue weighted by Crippen LogP contribution is -1.96. The number of benzene rings is 1. The molecule has 0 aliphatic rings. The largest absolute Gasteiger partial charge is 0.484 e. The maximum atomic E-state index is 5.80. The minimum atomic E-state index is 0.492. The fourth-order valence-corrected chi connectivity index (χ4v) is 2.39. The number of fused-ring (bicyclic) bond motifs is 1. The van der Waals surface area contributed by atoms with Crippen molar-refractivity contribution in [1.82, 2.24) is 9.97 Å². The van der Waals surface area contributed by atoms with Crippen molar-refractivity contribution in [2.45, 2.75) is 13.5 Å². The highest BCUT2D eigenvalue weighted by molar-refractivity contribution is 7.09. The summed E-state index contributed by atoms with van der Waals surface area (Å²) in [7, 11) is 0. The second kappa shape index (κ2) is 4.74. The number of aromatic nitrogens is 2. The molecule has 0 atom stereocenters. The van der Waals surface area contributed by atoms with Gasteiger partial charge in [-0.25, -0.2) is 4.98 Å². The van der Waals surface area contributed by atoms with Crippen molar-refractivity contribution in [3.63, 3.8) is 0 Å². The summed E-state index contributed by atoms with van der Waals surface area (Å²) in [6.45, 7) is 2.57. The topological polar surface area (TPSA) is 35.0 Å². The van der Waals surface area contributed by atoms with Crippen LogP contribution in [0.1, 0.15) is 10.6 Å². The Morgan fingerprint density at radius 3 is 2.94 bits per heavy atom. The summed E-state index contributed by atoms with van der Waals surface area (Å²) < 4.78 is 5.80. The molecule has 2 heterocycles. The van der Waals surface area contributed by atoms with Crippen LogP contribution >= 0.6 is 11.3 Å². The van der Waals surface area contributed by atoms with Crippen LogP contribution in [0, 0.1) is 6.92 Å². The van der Waals surface area contributed by atoms with E-state index in [1.54, 1.807) is 17.5 Å². The lowest BCUT2D eigenvalue weighted by Gasteiger charge is -2.08. The molecular formula is C14H12N2OS. The first-order valence-corrected chi connectivity index (χ1v) is 6.58. The lowest BCUT2D eigenvalue weighted by molar-refractivity contribution is 0.309. The molecule has 0 spiro atoms. The zero-order chi connectivity index (χ0) is 12.4. The van der Waals surface area contributed by atoms with Gasteiger partial charge in [0, 0.05) is 23.2 Å². The summed E-state index contributed by atoms with van der Waals surface area (Å²) in [4.78, 5) is 8.60. The Hall–Kier alpha value is -1.94. The molecule has 90 valence electrons. The number of ether oxygens (including phenoxy) is 1. The van der Waals surface area contributed by atoms with E-state index in [-0.39, 0.29) is 0 Å². The van der Waals surface area contributed by atoms with Crippen LogP contribution in [0.4, 0.5) is 0 Å². The predicted molar refractivity (Wildman–Crippen MR) is 72.9 cm³/mol. The van der Waals surface area contributed by atoms with E-state index >= 15 is 0 Å². The first kappa shape index (κ1) is 11.2. The van der Waals surface area contributed by atoms with E-state index in [9.17, 15) is 0 Å². The van der Waals surface area contributed by atoms with Crippen LogP contribution in [0.25, 0.3) is 10.9 Å². The molecule has 0 saturated heterocycles. The lowest BCUT2D eigenvalue weighted by atomic mass is 10.1. The maximum Gasteiger partial charge on any atom is 0.146 e. The molecule has 2 aromatic heterocycles. The SMILES string of the molecule is Cc1ccnc2c(OCc3nccs3)cccc12. The number of para-hydroxylation sites is 1. The highest BCUT2D eigenvalue weighted by atomic mass is 32.1. The van der Waals surface area contributed by atoms with E-state index in [4.69, 9.17) is 4.74 Å². The fraction of sp³-hybridized carbons (Fsp3) is 0.143. The minimum absolute atomic E-state index is 0.492. The second-order valence-corrected chi connectivity index (χ2v) is 4.97. The molecule has 0 unspecified atom stereocenters. The zero-order valence-electron chi connectivity index (χ0n) is 9.96. The Labute approximate surface area is 109 Å². The van der Waals surface area contributed by atoms with Gasteiger partial charge in [-0.05, 0) is 24.6 Å². The standard InChI is InChI=1S/C14H12N2OS/c1-10-5-6-16-14-11(10)3-2-4-12(14)17-9-13-15-7-8-18-13/h2-8H,9H2,1H3. The van der Waals surface area contributed by atoms with E-state index < -0.39 is 0 Å². The van der Waals surface area contributed by atoms with Crippen LogP contribution in [0.2, 0.25) is 0 Å². The number of aryl methyl sites for hydroxylation is 1. The van der Waals surface area contributed by atoms with E-state index in [0.29, 0.717) is 6.61 Å². The van der Waals surface area contributed by atoms with Gasteiger partial charge in [0.2, 0.25) is 0 Å². The molecule has 3 rings (SSSR count). The van der Waals surface area contributed by atoms with Crippen molar-refractivity contribution < 1.29 is 4.74 Å². The number of rotatable bonds is 3. The van der Waals surface area contributed by atoms with Gasteiger partial charge < -0.3 is 4.74 Å². The molecule has 18 heavy (non-hydrogen) atoms. The summed E-state index contributed by atoms with van der Waals surface area (Å²) in [6, 6.07) is 8.01. The van der Waals surface area contributed by atoms with Crippen molar-refractivity contribution in [3.05, 3.63) is 52.6 Å². The number of hydrogen-bond acceptors (Lipinski definition) is 4. The van der Waals surface area contributed by atoms with Gasteiger partial charge in [-0.15, -0.1) is 11.3 Å². The molecule has 0 bridgehead atoms. The fourth-order valence-electron chi connectivity index (χ4n) is 1.87. The number of hydrogen-bond donors (Lipinski definition) is 0. The van der Waals surface area contributed by atoms with Crippen molar-refractivity contribution in [3.8, 4) is 5.75 Å². The molecule has 0 aliphatic carbocycles. The van der Waals surface area contributed by atoms with Crippen LogP contribution in [0.15, 0.2) is 42.0 Å². The molecule has 1 aromatic carbocycles. The normalized spacial score (nSPS) is 10.7. The van der Waals surface area contributed by atoms with Gasteiger partial charge in [-0.2, -0.15) is 0 Å². The zero-order valence-corrected chi connectivity index (χ0v) is 10.8. The van der Waals surface area contributed by atoms with E-state index in [1.165, 1.54) is 5.56 Å². The Bertz CT molecular complexity index is 665. The average molecular weight is 256 g/mol. The highest BCUT2D eigenvalue weighted by Gasteiger charge is 2.05. The molecule has 0 saturated carbocycles. The van der Waals surface area contributed by atoms with Gasteiger partial charge in [-0.3, -0.25) is 4.98 Å². The van der Waals surface area contributed by atoms with Crippen molar-refractivity contribution in [2.24, 2.45) is 0 Å². The van der Waals surface area contributed by atoms with Crippen LogP contribution in [0.3, 0.4) is 0 Å². The first-order valence-electron chi connectivity index (χ1n) is 5.70. The van der Waals surface area contributed by atoms with Gasteiger partial charge in [0.15, 0.2) is 0 Å². The third-order valence-electron chi connectivity index (χ3n) is 2.79. The number of pyridine rings is 1. The smallest absolute Gasteiger partial charge is 0.146 e. The first-order chi connectivity index (χ1) is 8.84. The van der Waals surface area contributed by atoms with Gasteiger partial charge >= 0.3 is 0 Å². The Balaban J connectivity index is 1.94. The van der Waals surface area contributed by atoms with Crippen molar-refractivity contribution in [2.75, 3.05) is 0 Å². The Morgan fingerprint density at radius 2 is 2.11 bits per heavy atom. The summed E-state index contributed by atoms with van der Waals surface area (Å²) in [5.41, 5.74) is 2.12. The molecule has 3 nitrogen and oxygen atoms in total. The van der Waals surface area contributed by atoms with Crippen LogP contribution < -0.4 is 4.74 Å². The van der Waals surface area contributed by atoms with E-state index in [1.807, 2.05) is 29.8 Å². The van der Waals surface area contributed by atoms with Gasteiger partial charge in [0.1, 0.15) is 22.9 Å². The van der Waals surface area contributed by atoms with Gasteiger partial charge in [0.05, 0.1) is 0 Å². The third-order valence-corrected chi connectivity index (χ3v) is 3.54. The molecule has 0 aliphatic heterocycles. The van der Waals surface area contributed by atoms with Gasteiger partial charge in [0.25, 0.3) is 0 Å². The molecular weight excluding hydrogens is 244 g/mol. The Morgan fingerprint density at radius 1 is 1.17 bits per heavy atom. The summed E-state index contributed by atoms with van der Waals surface area (Å²) in [5, 5.41) is 4.05. The maximum absolute atomic E-state index is 5.80. The monoisotopic (exact) mass is 256 g/mol. The summed E-state index contributed by atoms with van der Waals surface area (Å²) in [6.07, 6.45) is 3.60. The summed E-state index contributed by atoms with van der Waals surface area (Å²) >= 11 is 1.59. The second-order valence-electron chi connectivity index (χ2n) is 3.99. The minimum Gasteiger partial charge on any atom is -0.484 e. The molecule has 0 amide bonds. The number of thiazole rings is 1. The van der Waals surface area contributed by atoms with Crippen molar-refractivity contribution >= 4 is 22.2 Å². The van der Waals surface area contributed by atoms with Crippen LogP contribution in [-0.4, -0.2) is 9.97 Å². The third kappa shape index (κ3) is 2.07. The molecule has 0 fully saturated rings.